The standard InChI is InChI=1S/C14H23N3O/c1-5-7-15-13-9-12(6-8-16-13)14(18)17-11(4)10(2)3/h6,8-11H,5,7H2,1-4H3,(H,15,16)(H,17,18). The minimum Gasteiger partial charge on any atom is -0.370 e. The molecule has 0 spiro atoms. The predicted molar refractivity (Wildman–Crippen MR) is 74.8 cm³/mol. The Hall–Kier alpha value is -1.58. The summed E-state index contributed by atoms with van der Waals surface area (Å²) < 4.78 is 0. The summed E-state index contributed by atoms with van der Waals surface area (Å²) in [6.07, 6.45) is 2.69. The van der Waals surface area contributed by atoms with Gasteiger partial charge >= 0.3 is 0 Å². The molecule has 1 heterocycles. The van der Waals surface area contributed by atoms with E-state index in [9.17, 15) is 4.79 Å². The van der Waals surface area contributed by atoms with Crippen LogP contribution in [0.1, 0.15) is 44.5 Å². The zero-order chi connectivity index (χ0) is 13.5. The molecule has 0 aliphatic carbocycles. The molecular formula is C14H23N3O. The van der Waals surface area contributed by atoms with E-state index in [-0.39, 0.29) is 11.9 Å². The minimum absolute atomic E-state index is 0.0434. The molecule has 1 aromatic heterocycles. The number of carbonyl (C=O) groups is 1. The third-order valence-electron chi connectivity index (χ3n) is 2.94. The van der Waals surface area contributed by atoms with Crippen molar-refractivity contribution in [2.45, 2.75) is 40.2 Å². The van der Waals surface area contributed by atoms with E-state index in [0.29, 0.717) is 11.5 Å². The number of rotatable bonds is 6. The summed E-state index contributed by atoms with van der Waals surface area (Å²) in [6.45, 7) is 9.14. The molecule has 1 rings (SSSR count). The fourth-order valence-electron chi connectivity index (χ4n) is 1.38. The Balaban J connectivity index is 2.68. The summed E-state index contributed by atoms with van der Waals surface area (Å²) >= 11 is 0. The van der Waals surface area contributed by atoms with Gasteiger partial charge in [0, 0.05) is 24.3 Å². The first-order valence-electron chi connectivity index (χ1n) is 6.55. The quantitative estimate of drug-likeness (QED) is 0.815. The van der Waals surface area contributed by atoms with Crippen LogP contribution in [0.25, 0.3) is 0 Å². The second-order valence-corrected chi connectivity index (χ2v) is 4.86. The summed E-state index contributed by atoms with van der Waals surface area (Å²) in [7, 11) is 0. The van der Waals surface area contributed by atoms with Crippen molar-refractivity contribution in [1.29, 1.82) is 0 Å². The highest BCUT2D eigenvalue weighted by molar-refractivity contribution is 5.94. The number of carbonyl (C=O) groups excluding carboxylic acids is 1. The first kappa shape index (κ1) is 14.5. The van der Waals surface area contributed by atoms with Crippen molar-refractivity contribution in [2.75, 3.05) is 11.9 Å². The summed E-state index contributed by atoms with van der Waals surface area (Å²) in [4.78, 5) is 16.2. The van der Waals surface area contributed by atoms with Gasteiger partial charge in [-0.15, -0.1) is 0 Å². The Morgan fingerprint density at radius 1 is 1.39 bits per heavy atom. The van der Waals surface area contributed by atoms with Crippen molar-refractivity contribution >= 4 is 11.7 Å². The molecule has 0 radical (unpaired) electrons. The molecule has 0 saturated heterocycles. The zero-order valence-electron chi connectivity index (χ0n) is 11.7. The highest BCUT2D eigenvalue weighted by Crippen LogP contribution is 2.08. The molecule has 18 heavy (non-hydrogen) atoms. The molecule has 1 unspecified atom stereocenters. The van der Waals surface area contributed by atoms with E-state index < -0.39 is 0 Å². The van der Waals surface area contributed by atoms with E-state index in [1.54, 1.807) is 18.3 Å². The average molecular weight is 249 g/mol. The van der Waals surface area contributed by atoms with Gasteiger partial charge in [-0.05, 0) is 31.4 Å². The maximum Gasteiger partial charge on any atom is 0.251 e. The first-order chi connectivity index (χ1) is 8.54. The van der Waals surface area contributed by atoms with Gasteiger partial charge in [0.25, 0.3) is 5.91 Å². The molecule has 4 heteroatoms. The monoisotopic (exact) mass is 249 g/mol. The third kappa shape index (κ3) is 4.35. The number of anilines is 1. The third-order valence-corrected chi connectivity index (χ3v) is 2.94. The molecule has 2 N–H and O–H groups in total. The highest BCUT2D eigenvalue weighted by atomic mass is 16.1. The number of amides is 1. The lowest BCUT2D eigenvalue weighted by Gasteiger charge is -2.17. The minimum atomic E-state index is -0.0434. The van der Waals surface area contributed by atoms with Crippen molar-refractivity contribution in [3.8, 4) is 0 Å². The van der Waals surface area contributed by atoms with Crippen LogP contribution in [0, 0.1) is 5.92 Å². The molecule has 1 amide bonds. The van der Waals surface area contributed by atoms with Crippen LogP contribution in [0.4, 0.5) is 5.82 Å². The second-order valence-electron chi connectivity index (χ2n) is 4.86. The van der Waals surface area contributed by atoms with E-state index in [1.165, 1.54) is 0 Å². The van der Waals surface area contributed by atoms with Crippen LogP contribution < -0.4 is 10.6 Å². The predicted octanol–water partition coefficient (Wildman–Crippen LogP) is 2.68. The van der Waals surface area contributed by atoms with E-state index in [4.69, 9.17) is 0 Å². The lowest BCUT2D eigenvalue weighted by Crippen LogP contribution is -2.36. The zero-order valence-corrected chi connectivity index (χ0v) is 11.7. The summed E-state index contributed by atoms with van der Waals surface area (Å²) in [5.74, 6) is 1.13. The molecule has 0 aliphatic rings. The lowest BCUT2D eigenvalue weighted by molar-refractivity contribution is 0.0930. The molecule has 0 aliphatic heterocycles. The van der Waals surface area contributed by atoms with Gasteiger partial charge in [0.15, 0.2) is 0 Å². The van der Waals surface area contributed by atoms with Gasteiger partial charge in [-0.3, -0.25) is 4.79 Å². The maximum absolute atomic E-state index is 12.0. The van der Waals surface area contributed by atoms with Crippen LogP contribution in [0.3, 0.4) is 0 Å². The number of nitrogens with one attached hydrogen (secondary N) is 2. The van der Waals surface area contributed by atoms with Gasteiger partial charge in [0.05, 0.1) is 0 Å². The number of hydrogen-bond donors (Lipinski definition) is 2. The van der Waals surface area contributed by atoms with Crippen LogP contribution in [0.5, 0.6) is 0 Å². The molecule has 0 bridgehead atoms. The molecule has 0 saturated carbocycles. The fraction of sp³-hybridized carbons (Fsp3) is 0.571. The molecule has 100 valence electrons. The van der Waals surface area contributed by atoms with E-state index in [0.717, 1.165) is 18.8 Å². The van der Waals surface area contributed by atoms with Gasteiger partial charge in [0.1, 0.15) is 5.82 Å². The van der Waals surface area contributed by atoms with Gasteiger partial charge in [-0.1, -0.05) is 20.8 Å². The van der Waals surface area contributed by atoms with Gasteiger partial charge < -0.3 is 10.6 Å². The number of nitrogens with zero attached hydrogens (tertiary/aromatic N) is 1. The van der Waals surface area contributed by atoms with Gasteiger partial charge in [-0.25, -0.2) is 4.98 Å². The molecule has 1 atom stereocenters. The Bertz CT molecular complexity index is 390. The summed E-state index contributed by atoms with van der Waals surface area (Å²) in [6, 6.07) is 3.69. The topological polar surface area (TPSA) is 54.0 Å². The lowest BCUT2D eigenvalue weighted by atomic mass is 10.1. The van der Waals surface area contributed by atoms with Crippen LogP contribution >= 0.6 is 0 Å². The molecule has 4 nitrogen and oxygen atoms in total. The second kappa shape index (κ2) is 6.99. The summed E-state index contributed by atoms with van der Waals surface area (Å²) in [5, 5.41) is 6.16. The smallest absolute Gasteiger partial charge is 0.251 e. The van der Waals surface area contributed by atoms with E-state index in [2.05, 4.69) is 36.4 Å². The van der Waals surface area contributed by atoms with Crippen LogP contribution in [-0.2, 0) is 0 Å². The Morgan fingerprint density at radius 2 is 2.11 bits per heavy atom. The maximum atomic E-state index is 12.0. The SMILES string of the molecule is CCCNc1cc(C(=O)NC(C)C(C)C)ccn1. The van der Waals surface area contributed by atoms with Gasteiger partial charge in [0.2, 0.25) is 0 Å². The van der Waals surface area contributed by atoms with Crippen LogP contribution in [0.2, 0.25) is 0 Å². The molecule has 0 fully saturated rings. The Morgan fingerprint density at radius 3 is 2.72 bits per heavy atom. The first-order valence-corrected chi connectivity index (χ1v) is 6.55. The van der Waals surface area contributed by atoms with Crippen molar-refractivity contribution in [1.82, 2.24) is 10.3 Å². The normalized spacial score (nSPS) is 12.3. The molecule has 0 aromatic carbocycles. The number of aromatic nitrogens is 1. The number of hydrogen-bond acceptors (Lipinski definition) is 3. The highest BCUT2D eigenvalue weighted by Gasteiger charge is 2.12. The van der Waals surface area contributed by atoms with Crippen molar-refractivity contribution in [2.24, 2.45) is 5.92 Å². The Labute approximate surface area is 109 Å². The summed E-state index contributed by atoms with van der Waals surface area (Å²) in [5.41, 5.74) is 0.649. The van der Waals surface area contributed by atoms with Crippen molar-refractivity contribution in [3.63, 3.8) is 0 Å². The number of pyridine rings is 1. The van der Waals surface area contributed by atoms with Crippen molar-refractivity contribution < 1.29 is 4.79 Å². The van der Waals surface area contributed by atoms with E-state index >= 15 is 0 Å². The molecule has 1 aromatic rings. The van der Waals surface area contributed by atoms with Gasteiger partial charge in [-0.2, -0.15) is 0 Å². The Kier molecular flexibility index (Phi) is 5.62. The average Bonchev–Trinajstić information content (AvgIpc) is 2.36. The van der Waals surface area contributed by atoms with Crippen LogP contribution in [0.15, 0.2) is 18.3 Å². The molecular weight excluding hydrogens is 226 g/mol. The van der Waals surface area contributed by atoms with Crippen LogP contribution in [-0.4, -0.2) is 23.5 Å². The van der Waals surface area contributed by atoms with E-state index in [1.807, 2.05) is 6.92 Å². The van der Waals surface area contributed by atoms with Crippen molar-refractivity contribution in [3.05, 3.63) is 23.9 Å². The largest absolute Gasteiger partial charge is 0.370 e. The fourth-order valence-corrected chi connectivity index (χ4v) is 1.38.